The molecule has 1 saturated heterocycles. The maximum atomic E-state index is 6.00. The molecule has 100 valence electrons. The van der Waals surface area contributed by atoms with Gasteiger partial charge in [-0.1, -0.05) is 12.8 Å². The Morgan fingerprint density at radius 2 is 2.33 bits per heavy atom. The number of rotatable bonds is 3. The summed E-state index contributed by atoms with van der Waals surface area (Å²) < 4.78 is 1.08. The van der Waals surface area contributed by atoms with E-state index in [0.717, 1.165) is 17.4 Å². The van der Waals surface area contributed by atoms with Crippen LogP contribution in [0.1, 0.15) is 39.0 Å². The molecule has 0 spiro atoms. The number of nitrogens with zero attached hydrogens (tertiary/aromatic N) is 2. The number of pyridine rings is 1. The first-order chi connectivity index (χ1) is 8.68. The van der Waals surface area contributed by atoms with Crippen molar-refractivity contribution in [2.24, 2.45) is 5.73 Å². The Kier molecular flexibility index (Phi) is 5.01. The molecule has 0 amide bonds. The second-order valence-corrected chi connectivity index (χ2v) is 6.09. The van der Waals surface area contributed by atoms with Crippen LogP contribution in [0.3, 0.4) is 0 Å². The third kappa shape index (κ3) is 3.45. The van der Waals surface area contributed by atoms with E-state index in [-0.39, 0.29) is 6.04 Å². The normalized spacial score (nSPS) is 22.6. The van der Waals surface area contributed by atoms with Crippen LogP contribution in [0.4, 0.5) is 5.69 Å². The van der Waals surface area contributed by atoms with E-state index in [1.807, 2.05) is 12.4 Å². The van der Waals surface area contributed by atoms with Crippen LogP contribution in [0, 0.1) is 0 Å². The Morgan fingerprint density at radius 3 is 3.06 bits per heavy atom. The van der Waals surface area contributed by atoms with Crippen LogP contribution in [0.2, 0.25) is 0 Å². The molecule has 0 aromatic carbocycles. The lowest BCUT2D eigenvalue weighted by Crippen LogP contribution is -2.39. The molecule has 18 heavy (non-hydrogen) atoms. The second-order valence-electron chi connectivity index (χ2n) is 5.24. The van der Waals surface area contributed by atoms with E-state index in [1.165, 1.54) is 31.4 Å². The number of hydrogen-bond acceptors (Lipinski definition) is 3. The number of anilines is 1. The lowest BCUT2D eigenvalue weighted by Gasteiger charge is -2.33. The molecule has 2 unspecified atom stereocenters. The fourth-order valence-electron chi connectivity index (χ4n) is 2.77. The minimum Gasteiger partial charge on any atom is -0.367 e. The highest BCUT2D eigenvalue weighted by molar-refractivity contribution is 9.10. The van der Waals surface area contributed by atoms with Crippen LogP contribution in [0.15, 0.2) is 22.9 Å². The predicted molar refractivity (Wildman–Crippen MR) is 79.8 cm³/mol. The van der Waals surface area contributed by atoms with Crippen molar-refractivity contribution in [3.8, 4) is 0 Å². The largest absolute Gasteiger partial charge is 0.367 e. The van der Waals surface area contributed by atoms with Gasteiger partial charge < -0.3 is 10.6 Å². The van der Waals surface area contributed by atoms with Crippen molar-refractivity contribution in [3.63, 3.8) is 0 Å². The van der Waals surface area contributed by atoms with E-state index in [4.69, 9.17) is 5.73 Å². The molecule has 2 N–H and O–H groups in total. The van der Waals surface area contributed by atoms with Gasteiger partial charge in [0.25, 0.3) is 0 Å². The van der Waals surface area contributed by atoms with E-state index >= 15 is 0 Å². The molecule has 1 aromatic rings. The third-order valence-electron chi connectivity index (χ3n) is 3.58. The molecule has 3 nitrogen and oxygen atoms in total. The summed E-state index contributed by atoms with van der Waals surface area (Å²) in [5.74, 6) is 0. The summed E-state index contributed by atoms with van der Waals surface area (Å²) >= 11 is 3.62. The summed E-state index contributed by atoms with van der Waals surface area (Å²) in [6.45, 7) is 3.23. The van der Waals surface area contributed by atoms with Gasteiger partial charge >= 0.3 is 0 Å². The van der Waals surface area contributed by atoms with E-state index in [0.29, 0.717) is 6.04 Å². The molecule has 0 bridgehead atoms. The van der Waals surface area contributed by atoms with Gasteiger partial charge in [-0.25, -0.2) is 0 Å². The van der Waals surface area contributed by atoms with Gasteiger partial charge in [0.2, 0.25) is 0 Å². The smallest absolute Gasteiger partial charge is 0.0592 e. The Morgan fingerprint density at radius 1 is 1.50 bits per heavy atom. The maximum Gasteiger partial charge on any atom is 0.0592 e. The second kappa shape index (κ2) is 6.53. The van der Waals surface area contributed by atoms with Crippen molar-refractivity contribution >= 4 is 21.6 Å². The van der Waals surface area contributed by atoms with Gasteiger partial charge in [0, 0.05) is 31.0 Å². The van der Waals surface area contributed by atoms with Gasteiger partial charge in [0.15, 0.2) is 0 Å². The molecular formula is C14H22BrN3. The lowest BCUT2D eigenvalue weighted by atomic mass is 10.0. The molecule has 1 aliphatic rings. The fourth-order valence-corrected chi connectivity index (χ4v) is 3.25. The minimum atomic E-state index is 0.260. The van der Waals surface area contributed by atoms with Crippen LogP contribution in [0.25, 0.3) is 0 Å². The molecule has 0 aliphatic carbocycles. The van der Waals surface area contributed by atoms with Crippen LogP contribution >= 0.6 is 15.9 Å². The van der Waals surface area contributed by atoms with E-state index in [9.17, 15) is 0 Å². The number of halogens is 1. The first-order valence-corrected chi connectivity index (χ1v) is 7.59. The molecule has 2 rings (SSSR count). The Labute approximate surface area is 118 Å². The predicted octanol–water partition coefficient (Wildman–Crippen LogP) is 3.33. The van der Waals surface area contributed by atoms with E-state index in [2.05, 4.69) is 38.8 Å². The van der Waals surface area contributed by atoms with Gasteiger partial charge in [-0.05, 0) is 48.2 Å². The molecular weight excluding hydrogens is 290 g/mol. The first kappa shape index (κ1) is 13.8. The zero-order valence-electron chi connectivity index (χ0n) is 11.0. The standard InChI is InChI=1S/C14H22BrN3/c1-11(16)9-12-5-3-2-4-8-18(12)14-6-7-17-10-13(14)15/h6-7,10-12H,2-5,8-9,16H2,1H3. The fraction of sp³-hybridized carbons (Fsp3) is 0.643. The van der Waals surface area contributed by atoms with Crippen molar-refractivity contribution in [1.82, 2.24) is 4.98 Å². The van der Waals surface area contributed by atoms with Crippen molar-refractivity contribution in [2.75, 3.05) is 11.4 Å². The van der Waals surface area contributed by atoms with Crippen molar-refractivity contribution in [1.29, 1.82) is 0 Å². The monoisotopic (exact) mass is 311 g/mol. The maximum absolute atomic E-state index is 6.00. The Bertz CT molecular complexity index is 381. The summed E-state index contributed by atoms with van der Waals surface area (Å²) in [5, 5.41) is 0. The molecule has 2 heterocycles. The quantitative estimate of drug-likeness (QED) is 0.931. The number of hydrogen-bond donors (Lipinski definition) is 1. The van der Waals surface area contributed by atoms with Gasteiger partial charge in [0.05, 0.1) is 10.2 Å². The van der Waals surface area contributed by atoms with Crippen molar-refractivity contribution in [3.05, 3.63) is 22.9 Å². The highest BCUT2D eigenvalue weighted by Gasteiger charge is 2.23. The number of aromatic nitrogens is 1. The number of nitrogens with two attached hydrogens (primary N) is 1. The lowest BCUT2D eigenvalue weighted by molar-refractivity contribution is 0.491. The first-order valence-electron chi connectivity index (χ1n) is 6.80. The topological polar surface area (TPSA) is 42.1 Å². The molecule has 4 heteroatoms. The van der Waals surface area contributed by atoms with E-state index in [1.54, 1.807) is 0 Å². The minimum absolute atomic E-state index is 0.260. The van der Waals surface area contributed by atoms with E-state index < -0.39 is 0 Å². The summed E-state index contributed by atoms with van der Waals surface area (Å²) in [6, 6.07) is 2.92. The van der Waals surface area contributed by atoms with Crippen LogP contribution in [-0.4, -0.2) is 23.6 Å². The third-order valence-corrected chi connectivity index (χ3v) is 4.19. The van der Waals surface area contributed by atoms with Gasteiger partial charge in [-0.2, -0.15) is 0 Å². The molecule has 1 aromatic heterocycles. The molecule has 2 atom stereocenters. The summed E-state index contributed by atoms with van der Waals surface area (Å²) in [6.07, 6.45) is 9.97. The van der Waals surface area contributed by atoms with Gasteiger partial charge in [-0.3, -0.25) is 4.98 Å². The van der Waals surface area contributed by atoms with Gasteiger partial charge in [0.1, 0.15) is 0 Å². The van der Waals surface area contributed by atoms with Crippen molar-refractivity contribution in [2.45, 2.75) is 51.1 Å². The van der Waals surface area contributed by atoms with Gasteiger partial charge in [-0.15, -0.1) is 0 Å². The summed E-state index contributed by atoms with van der Waals surface area (Å²) in [5.41, 5.74) is 7.26. The highest BCUT2D eigenvalue weighted by Crippen LogP contribution is 2.31. The van der Waals surface area contributed by atoms with Crippen LogP contribution in [-0.2, 0) is 0 Å². The average molecular weight is 312 g/mol. The Hall–Kier alpha value is -0.610. The van der Waals surface area contributed by atoms with Crippen LogP contribution in [0.5, 0.6) is 0 Å². The SMILES string of the molecule is CC(N)CC1CCCCCN1c1ccncc1Br. The molecule has 0 radical (unpaired) electrons. The van der Waals surface area contributed by atoms with Crippen LogP contribution < -0.4 is 10.6 Å². The van der Waals surface area contributed by atoms with Crippen molar-refractivity contribution < 1.29 is 0 Å². The highest BCUT2D eigenvalue weighted by atomic mass is 79.9. The summed E-state index contributed by atoms with van der Waals surface area (Å²) in [4.78, 5) is 6.67. The summed E-state index contributed by atoms with van der Waals surface area (Å²) in [7, 11) is 0. The average Bonchev–Trinajstić information content (AvgIpc) is 2.55. The molecule has 1 aliphatic heterocycles. The zero-order chi connectivity index (χ0) is 13.0. The molecule has 0 saturated carbocycles. The Balaban J connectivity index is 2.22. The molecule has 1 fully saturated rings. The zero-order valence-corrected chi connectivity index (χ0v) is 12.6.